The summed E-state index contributed by atoms with van der Waals surface area (Å²) in [5.41, 5.74) is 9.41. The van der Waals surface area contributed by atoms with E-state index in [0.29, 0.717) is 0 Å². The molecule has 0 N–H and O–H groups in total. The van der Waals surface area contributed by atoms with Gasteiger partial charge in [0.1, 0.15) is 10.3 Å². The molecule has 254 valence electrons. The maximum absolute atomic E-state index is 5.37. The first-order chi connectivity index (χ1) is 26.7. The van der Waals surface area contributed by atoms with Gasteiger partial charge in [-0.1, -0.05) is 140 Å². The van der Waals surface area contributed by atoms with Crippen LogP contribution >= 0.6 is 22.7 Å². The Bertz CT molecular complexity index is 3340. The van der Waals surface area contributed by atoms with Gasteiger partial charge in [-0.2, -0.15) is 0 Å². The minimum Gasteiger partial charge on any atom is -0.308 e. The first-order valence-corrected chi connectivity index (χ1v) is 19.8. The highest BCUT2D eigenvalue weighted by atomic mass is 32.1. The SMILES string of the molecule is C=C/C=C\c1c(C)sc2nc(-c3ccccc3)c(-c3ccc(-n4c5ccccc5c5c6ccccc6c6c(sc7ccc8ccccc8c76)c54)cc3)nc12. The van der Waals surface area contributed by atoms with Crippen LogP contribution in [0.25, 0.3) is 108 Å². The molecule has 0 saturated heterocycles. The van der Waals surface area contributed by atoms with E-state index in [-0.39, 0.29) is 0 Å². The smallest absolute Gasteiger partial charge is 0.143 e. The summed E-state index contributed by atoms with van der Waals surface area (Å²) in [5.74, 6) is 0. The van der Waals surface area contributed by atoms with Gasteiger partial charge >= 0.3 is 0 Å². The van der Waals surface area contributed by atoms with Crippen molar-refractivity contribution in [3.8, 4) is 28.2 Å². The molecule has 0 atom stereocenters. The van der Waals surface area contributed by atoms with E-state index in [1.165, 1.54) is 68.4 Å². The molecule has 11 aromatic rings. The molecule has 11 rings (SSSR count). The molecule has 0 spiro atoms. The second-order valence-electron chi connectivity index (χ2n) is 13.7. The van der Waals surface area contributed by atoms with Crippen LogP contribution in [-0.4, -0.2) is 14.5 Å². The standard InChI is InChI=1S/C49H31N3S2/c1-3-4-17-34-29(2)53-49-46(34)50-44(45(51-49)31-15-6-5-7-16-31)32-23-26-33(27-24-32)52-39-22-13-12-21-38(39)41-36-19-10-11-20-37(36)43-42-35-18-9-8-14-30(35)25-28-40(42)54-48(43)47(41)52/h3-28H,1H2,2H3/b17-4-. The molecule has 0 radical (unpaired) electrons. The van der Waals surface area contributed by atoms with E-state index < -0.39 is 0 Å². The average molecular weight is 726 g/mol. The highest BCUT2D eigenvalue weighted by Crippen LogP contribution is 2.49. The number of hydrogen-bond acceptors (Lipinski definition) is 4. The highest BCUT2D eigenvalue weighted by molar-refractivity contribution is 7.27. The van der Waals surface area contributed by atoms with Crippen molar-refractivity contribution in [2.75, 3.05) is 0 Å². The molecular formula is C49H31N3S2. The molecule has 0 bridgehead atoms. The van der Waals surface area contributed by atoms with Crippen LogP contribution < -0.4 is 0 Å². The molecule has 54 heavy (non-hydrogen) atoms. The predicted molar refractivity (Wildman–Crippen MR) is 234 cm³/mol. The number of aromatic nitrogens is 3. The van der Waals surface area contributed by atoms with Crippen molar-refractivity contribution in [1.82, 2.24) is 14.5 Å². The number of rotatable bonds is 5. The summed E-state index contributed by atoms with van der Waals surface area (Å²) in [7, 11) is 0. The lowest BCUT2D eigenvalue weighted by Gasteiger charge is -2.13. The average Bonchev–Trinajstić information content (AvgIpc) is 3.89. The van der Waals surface area contributed by atoms with Gasteiger partial charge in [0.05, 0.1) is 27.1 Å². The first-order valence-electron chi connectivity index (χ1n) is 18.1. The van der Waals surface area contributed by atoms with Crippen LogP contribution in [-0.2, 0) is 0 Å². The monoisotopic (exact) mass is 725 g/mol. The Morgan fingerprint density at radius 2 is 1.26 bits per heavy atom. The minimum atomic E-state index is 0.873. The first kappa shape index (κ1) is 31.2. The predicted octanol–water partition coefficient (Wildman–Crippen LogP) is 14.3. The summed E-state index contributed by atoms with van der Waals surface area (Å²) in [6.07, 6.45) is 5.87. The van der Waals surface area contributed by atoms with Crippen molar-refractivity contribution in [1.29, 1.82) is 0 Å². The maximum atomic E-state index is 5.37. The largest absolute Gasteiger partial charge is 0.308 e. The Hall–Kier alpha value is -6.40. The van der Waals surface area contributed by atoms with Crippen molar-refractivity contribution in [3.05, 3.63) is 169 Å². The zero-order valence-corrected chi connectivity index (χ0v) is 31.0. The Morgan fingerprint density at radius 1 is 0.593 bits per heavy atom. The van der Waals surface area contributed by atoms with E-state index in [1.54, 1.807) is 17.4 Å². The number of hydrogen-bond donors (Lipinski definition) is 0. The second kappa shape index (κ2) is 12.1. The molecule has 0 aliphatic rings. The van der Waals surface area contributed by atoms with Gasteiger partial charge in [-0.3, -0.25) is 0 Å². The quantitative estimate of drug-likeness (QED) is 0.165. The summed E-state index contributed by atoms with van der Waals surface area (Å²) in [5, 5.41) is 10.4. The van der Waals surface area contributed by atoms with Crippen molar-refractivity contribution in [3.63, 3.8) is 0 Å². The molecule has 0 aliphatic carbocycles. The van der Waals surface area contributed by atoms with E-state index in [2.05, 4.69) is 158 Å². The summed E-state index contributed by atoms with van der Waals surface area (Å²) in [4.78, 5) is 12.8. The van der Waals surface area contributed by atoms with E-state index in [1.807, 2.05) is 23.5 Å². The van der Waals surface area contributed by atoms with Gasteiger partial charge in [-0.05, 0) is 52.7 Å². The van der Waals surface area contributed by atoms with Crippen LogP contribution in [0.15, 0.2) is 158 Å². The Kier molecular flexibility index (Phi) is 6.96. The van der Waals surface area contributed by atoms with Crippen molar-refractivity contribution in [2.45, 2.75) is 6.92 Å². The number of nitrogens with zero attached hydrogens (tertiary/aromatic N) is 3. The molecule has 0 saturated carbocycles. The fraction of sp³-hybridized carbons (Fsp3) is 0.0204. The number of fused-ring (bicyclic) bond motifs is 13. The van der Waals surface area contributed by atoms with E-state index in [0.717, 1.165) is 44.1 Å². The summed E-state index contributed by atoms with van der Waals surface area (Å²) >= 11 is 3.59. The van der Waals surface area contributed by atoms with Crippen molar-refractivity contribution >= 4 is 103 Å². The topological polar surface area (TPSA) is 30.7 Å². The highest BCUT2D eigenvalue weighted by Gasteiger charge is 2.23. The van der Waals surface area contributed by atoms with Crippen LogP contribution in [0.5, 0.6) is 0 Å². The fourth-order valence-corrected chi connectivity index (χ4v) is 10.6. The third-order valence-corrected chi connectivity index (χ3v) is 12.9. The fourth-order valence-electron chi connectivity index (χ4n) is 8.37. The van der Waals surface area contributed by atoms with E-state index in [4.69, 9.17) is 9.97 Å². The van der Waals surface area contributed by atoms with Gasteiger partial charge in [0, 0.05) is 53.5 Å². The van der Waals surface area contributed by atoms with Crippen LogP contribution in [0.4, 0.5) is 0 Å². The Balaban J connectivity index is 1.20. The van der Waals surface area contributed by atoms with E-state index >= 15 is 0 Å². The number of para-hydroxylation sites is 1. The van der Waals surface area contributed by atoms with Crippen molar-refractivity contribution < 1.29 is 0 Å². The van der Waals surface area contributed by atoms with Gasteiger partial charge in [0.25, 0.3) is 0 Å². The Morgan fingerprint density at radius 3 is 2.06 bits per heavy atom. The van der Waals surface area contributed by atoms with Crippen LogP contribution in [0, 0.1) is 6.92 Å². The molecule has 5 heteroatoms. The van der Waals surface area contributed by atoms with Gasteiger partial charge in [-0.25, -0.2) is 9.97 Å². The Labute approximate surface area is 319 Å². The van der Waals surface area contributed by atoms with Gasteiger partial charge in [0.15, 0.2) is 0 Å². The lowest BCUT2D eigenvalue weighted by atomic mass is 9.96. The molecule has 4 heterocycles. The van der Waals surface area contributed by atoms with Gasteiger partial charge < -0.3 is 4.57 Å². The van der Waals surface area contributed by atoms with E-state index in [9.17, 15) is 0 Å². The summed E-state index contributed by atoms with van der Waals surface area (Å²) in [6, 6.07) is 50.5. The minimum absolute atomic E-state index is 0.873. The van der Waals surface area contributed by atoms with Crippen LogP contribution in [0.1, 0.15) is 10.4 Å². The number of allylic oxidation sites excluding steroid dienone is 2. The number of thiophene rings is 2. The maximum Gasteiger partial charge on any atom is 0.143 e. The zero-order chi connectivity index (χ0) is 35.9. The summed E-state index contributed by atoms with van der Waals surface area (Å²) < 4.78 is 5.10. The lowest BCUT2D eigenvalue weighted by Crippen LogP contribution is -1.97. The second-order valence-corrected chi connectivity index (χ2v) is 16.0. The molecule has 0 aliphatic heterocycles. The molecule has 3 nitrogen and oxygen atoms in total. The lowest BCUT2D eigenvalue weighted by molar-refractivity contribution is 1.19. The van der Waals surface area contributed by atoms with Gasteiger partial charge in [-0.15, -0.1) is 22.7 Å². The molecule has 0 unspecified atom stereocenters. The van der Waals surface area contributed by atoms with Gasteiger partial charge in [0.2, 0.25) is 0 Å². The third-order valence-electron chi connectivity index (χ3n) is 10.7. The number of aryl methyl sites for hydroxylation is 1. The molecular weight excluding hydrogens is 695 g/mol. The summed E-state index contributed by atoms with van der Waals surface area (Å²) in [6.45, 7) is 6.03. The van der Waals surface area contributed by atoms with Crippen LogP contribution in [0.2, 0.25) is 0 Å². The normalized spacial score (nSPS) is 12.2. The molecule has 0 fully saturated rings. The van der Waals surface area contributed by atoms with Crippen LogP contribution in [0.3, 0.4) is 0 Å². The molecule has 7 aromatic carbocycles. The molecule has 0 amide bonds. The van der Waals surface area contributed by atoms with Crippen molar-refractivity contribution in [2.24, 2.45) is 0 Å². The number of benzene rings is 7. The molecule has 4 aromatic heterocycles. The third kappa shape index (κ3) is 4.52. The zero-order valence-electron chi connectivity index (χ0n) is 29.4.